The van der Waals surface area contributed by atoms with E-state index < -0.39 is 23.9 Å². The van der Waals surface area contributed by atoms with Crippen LogP contribution in [0.15, 0.2) is 0 Å². The van der Waals surface area contributed by atoms with Gasteiger partial charge in [-0.3, -0.25) is 9.59 Å². The maximum absolute atomic E-state index is 11.7. The molecule has 0 aliphatic carbocycles. The third kappa shape index (κ3) is 9.50. The van der Waals surface area contributed by atoms with Crippen LogP contribution in [0.3, 0.4) is 0 Å². The number of aliphatic hydroxyl groups excluding tert-OH is 2. The topological polar surface area (TPSA) is 98.7 Å². The second-order valence-electron chi connectivity index (χ2n) is 5.76. The van der Waals surface area contributed by atoms with Crippen molar-refractivity contribution in [3.63, 3.8) is 0 Å². The summed E-state index contributed by atoms with van der Waals surface area (Å²) in [6.07, 6.45) is -2.80. The largest absolute Gasteiger partial charge is 0.382 e. The first-order chi connectivity index (χ1) is 10.3. The minimum Gasteiger partial charge on any atom is -0.382 e. The van der Waals surface area contributed by atoms with Crippen LogP contribution >= 0.6 is 0 Å². The summed E-state index contributed by atoms with van der Waals surface area (Å²) in [6.45, 7) is 8.54. The van der Waals surface area contributed by atoms with E-state index in [9.17, 15) is 19.8 Å². The van der Waals surface area contributed by atoms with E-state index in [-0.39, 0.29) is 18.9 Å². The number of carbonyl (C=O) groups is 2. The van der Waals surface area contributed by atoms with Gasteiger partial charge >= 0.3 is 0 Å². The predicted octanol–water partition coefficient (Wildman–Crippen LogP) is -0.169. The van der Waals surface area contributed by atoms with Gasteiger partial charge in [0.25, 0.3) is 5.91 Å². The van der Waals surface area contributed by atoms with Crippen LogP contribution in [0, 0.1) is 17.8 Å². The fourth-order valence-electron chi connectivity index (χ4n) is 1.61. The Hall–Kier alpha value is -1.42. The lowest BCUT2D eigenvalue weighted by molar-refractivity contribution is -0.144. The molecular weight excluding hydrogens is 284 g/mol. The minimum absolute atomic E-state index is 0.0767. The van der Waals surface area contributed by atoms with E-state index in [4.69, 9.17) is 0 Å². The first-order valence-corrected chi connectivity index (χ1v) is 7.64. The second-order valence-corrected chi connectivity index (χ2v) is 5.76. The minimum atomic E-state index is -1.76. The van der Waals surface area contributed by atoms with E-state index in [2.05, 4.69) is 22.5 Å². The third-order valence-electron chi connectivity index (χ3n) is 2.79. The Kier molecular flexibility index (Phi) is 10.5. The zero-order valence-corrected chi connectivity index (χ0v) is 13.8. The van der Waals surface area contributed by atoms with Gasteiger partial charge in [-0.15, -0.1) is 0 Å². The fourth-order valence-corrected chi connectivity index (χ4v) is 1.61. The second kappa shape index (κ2) is 11.2. The van der Waals surface area contributed by atoms with E-state index >= 15 is 0 Å². The van der Waals surface area contributed by atoms with Gasteiger partial charge in [-0.1, -0.05) is 39.5 Å². The summed E-state index contributed by atoms with van der Waals surface area (Å²) in [5, 5.41) is 24.9. The molecule has 0 aliphatic rings. The van der Waals surface area contributed by atoms with E-state index in [1.54, 1.807) is 0 Å². The number of aliphatic hydroxyl groups is 2. The molecule has 22 heavy (non-hydrogen) atoms. The molecule has 6 nitrogen and oxygen atoms in total. The van der Waals surface area contributed by atoms with Crippen LogP contribution in [0.2, 0.25) is 0 Å². The lowest BCUT2D eigenvalue weighted by atomic mass is 10.0. The number of amides is 1. The smallest absolute Gasteiger partial charge is 0.252 e. The van der Waals surface area contributed by atoms with Crippen LogP contribution in [0.1, 0.15) is 40.5 Å². The maximum atomic E-state index is 11.7. The first kappa shape index (κ1) is 20.6. The lowest BCUT2D eigenvalue weighted by Crippen LogP contribution is -2.45. The van der Waals surface area contributed by atoms with Crippen molar-refractivity contribution in [3.8, 4) is 11.8 Å². The van der Waals surface area contributed by atoms with Crippen molar-refractivity contribution in [3.05, 3.63) is 0 Å². The summed E-state index contributed by atoms with van der Waals surface area (Å²) >= 11 is 0. The number of hydrogen-bond donors (Lipinski definition) is 4. The molecule has 0 fully saturated rings. The van der Waals surface area contributed by atoms with Crippen molar-refractivity contribution in [1.29, 1.82) is 0 Å². The molecule has 0 spiro atoms. The molecule has 0 saturated carbocycles. The number of Topliss-reactive ketones (excluding diaryl/α,β-unsaturated/α-hetero) is 1. The van der Waals surface area contributed by atoms with Gasteiger partial charge in [0.15, 0.2) is 11.9 Å². The molecule has 1 amide bonds. The summed E-state index contributed by atoms with van der Waals surface area (Å²) in [4.78, 5) is 23.3. The Morgan fingerprint density at radius 1 is 1.09 bits per heavy atom. The zero-order valence-electron chi connectivity index (χ0n) is 13.8. The molecule has 0 unspecified atom stereocenters. The van der Waals surface area contributed by atoms with Gasteiger partial charge in [0.05, 0.1) is 6.54 Å². The average Bonchev–Trinajstić information content (AvgIpc) is 2.45. The number of rotatable bonds is 9. The molecule has 0 aromatic heterocycles. The highest BCUT2D eigenvalue weighted by Gasteiger charge is 2.29. The van der Waals surface area contributed by atoms with Crippen LogP contribution in [-0.2, 0) is 9.59 Å². The molecule has 0 rings (SSSR count). The molecule has 0 aromatic rings. The molecular formula is C16H28N2O4. The van der Waals surface area contributed by atoms with Crippen LogP contribution < -0.4 is 10.6 Å². The number of carbonyl (C=O) groups excluding carboxylic acids is 2. The summed E-state index contributed by atoms with van der Waals surface area (Å²) in [6, 6.07) is 0.323. The Bertz CT molecular complexity index is 410. The Morgan fingerprint density at radius 2 is 1.73 bits per heavy atom. The number of hydrogen-bond acceptors (Lipinski definition) is 5. The summed E-state index contributed by atoms with van der Waals surface area (Å²) < 4.78 is 0. The lowest BCUT2D eigenvalue weighted by Gasteiger charge is -2.16. The van der Waals surface area contributed by atoms with Crippen molar-refractivity contribution in [2.45, 2.75) is 58.8 Å². The zero-order chi connectivity index (χ0) is 17.1. The summed E-state index contributed by atoms with van der Waals surface area (Å²) in [7, 11) is 0. The molecule has 4 N–H and O–H groups in total. The van der Waals surface area contributed by atoms with Gasteiger partial charge in [-0.2, -0.15) is 0 Å². The van der Waals surface area contributed by atoms with Crippen LogP contribution in [0.5, 0.6) is 0 Å². The van der Waals surface area contributed by atoms with Crippen LogP contribution in [0.25, 0.3) is 0 Å². The third-order valence-corrected chi connectivity index (χ3v) is 2.79. The number of ketones is 1. The van der Waals surface area contributed by atoms with Gasteiger partial charge in [0.2, 0.25) is 0 Å². The fraction of sp³-hybridized carbons (Fsp3) is 0.750. The average molecular weight is 312 g/mol. The molecule has 0 radical (unpaired) electrons. The van der Waals surface area contributed by atoms with Gasteiger partial charge in [-0.05, 0) is 13.0 Å². The quantitative estimate of drug-likeness (QED) is 0.350. The van der Waals surface area contributed by atoms with Crippen molar-refractivity contribution >= 4 is 11.7 Å². The highest BCUT2D eigenvalue weighted by molar-refractivity contribution is 5.91. The normalized spacial score (nSPS) is 13.5. The van der Waals surface area contributed by atoms with E-state index in [1.807, 2.05) is 27.7 Å². The van der Waals surface area contributed by atoms with Crippen molar-refractivity contribution < 1.29 is 19.8 Å². The van der Waals surface area contributed by atoms with Gasteiger partial charge in [-0.25, -0.2) is 0 Å². The van der Waals surface area contributed by atoms with E-state index in [0.29, 0.717) is 19.0 Å². The molecule has 0 saturated heterocycles. The van der Waals surface area contributed by atoms with Crippen molar-refractivity contribution in [2.75, 3.05) is 13.1 Å². The Morgan fingerprint density at radius 3 is 2.27 bits per heavy atom. The summed E-state index contributed by atoms with van der Waals surface area (Å²) in [5.41, 5.74) is 0. The van der Waals surface area contributed by atoms with Gasteiger partial charge < -0.3 is 20.8 Å². The molecule has 126 valence electrons. The van der Waals surface area contributed by atoms with E-state index in [1.165, 1.54) is 0 Å². The number of nitrogens with one attached hydrogen (secondary N) is 2. The van der Waals surface area contributed by atoms with Gasteiger partial charge in [0.1, 0.15) is 6.10 Å². The molecule has 0 aliphatic heterocycles. The highest BCUT2D eigenvalue weighted by Crippen LogP contribution is 2.02. The summed E-state index contributed by atoms with van der Waals surface area (Å²) in [5.74, 6) is 4.43. The standard InChI is InChI=1S/C16H28N2O4/c1-11(2)7-5-10-18-16(22)15(21)14(20)13(19)8-6-9-17-12(3)4/h11-12,14-15,17,20-21H,6,8-10H2,1-4H3,(H,18,22)/t14-,15-/m1/s1. The SMILES string of the molecule is CC(C)C#CCNC(=O)[C@H](O)[C@H](O)C(=O)CCCNC(C)C. The van der Waals surface area contributed by atoms with E-state index in [0.717, 1.165) is 0 Å². The first-order valence-electron chi connectivity index (χ1n) is 7.64. The van der Waals surface area contributed by atoms with Crippen molar-refractivity contribution in [2.24, 2.45) is 5.92 Å². The molecule has 0 aromatic carbocycles. The molecule has 0 bridgehead atoms. The molecule has 2 atom stereocenters. The maximum Gasteiger partial charge on any atom is 0.252 e. The monoisotopic (exact) mass is 312 g/mol. The molecule has 0 heterocycles. The van der Waals surface area contributed by atoms with Crippen LogP contribution in [-0.4, -0.2) is 53.2 Å². The van der Waals surface area contributed by atoms with Crippen molar-refractivity contribution in [1.82, 2.24) is 10.6 Å². The predicted molar refractivity (Wildman–Crippen MR) is 85.0 cm³/mol. The van der Waals surface area contributed by atoms with Gasteiger partial charge in [0, 0.05) is 18.4 Å². The Labute approximate surface area is 132 Å². The van der Waals surface area contributed by atoms with Crippen LogP contribution in [0.4, 0.5) is 0 Å². The Balaban J connectivity index is 4.12. The highest BCUT2D eigenvalue weighted by atomic mass is 16.3. The molecule has 6 heteroatoms.